The van der Waals surface area contributed by atoms with Crippen LogP contribution in [0.2, 0.25) is 0 Å². The fourth-order valence-electron chi connectivity index (χ4n) is 11.6. The fraction of sp³-hybridized carbons (Fsp3) is 0.967. The highest BCUT2D eigenvalue weighted by Crippen LogP contribution is 2.77. The van der Waals surface area contributed by atoms with Crippen LogP contribution in [0.3, 0.4) is 0 Å². The first kappa shape index (κ1) is 23.4. The Labute approximate surface area is 197 Å². The van der Waals surface area contributed by atoms with E-state index in [4.69, 9.17) is 0 Å². The molecule has 10 unspecified atom stereocenters. The first-order chi connectivity index (χ1) is 14.9. The summed E-state index contributed by atoms with van der Waals surface area (Å²) in [6.45, 7) is 17.7. The summed E-state index contributed by atoms with van der Waals surface area (Å²) < 4.78 is 0. The van der Waals surface area contributed by atoms with Gasteiger partial charge in [-0.15, -0.1) is 0 Å². The van der Waals surface area contributed by atoms with Gasteiger partial charge in [-0.2, -0.15) is 0 Å². The van der Waals surface area contributed by atoms with Crippen molar-refractivity contribution >= 4 is 5.78 Å². The van der Waals surface area contributed by atoms with E-state index in [2.05, 4.69) is 48.5 Å². The highest BCUT2D eigenvalue weighted by Gasteiger charge is 2.70. The molecule has 5 rings (SSSR count). The van der Waals surface area contributed by atoms with Crippen LogP contribution in [0, 0.1) is 62.6 Å². The van der Waals surface area contributed by atoms with Crippen molar-refractivity contribution in [3.63, 3.8) is 0 Å². The van der Waals surface area contributed by atoms with Crippen LogP contribution < -0.4 is 0 Å². The van der Waals surface area contributed by atoms with E-state index >= 15 is 0 Å². The summed E-state index contributed by atoms with van der Waals surface area (Å²) in [5, 5.41) is 10.4. The van der Waals surface area contributed by atoms with Crippen molar-refractivity contribution in [1.29, 1.82) is 0 Å². The number of Topliss-reactive ketones (excluding diaryl/α,β-unsaturated/α-hetero) is 1. The van der Waals surface area contributed by atoms with E-state index in [1.165, 1.54) is 44.9 Å². The largest absolute Gasteiger partial charge is 0.395 e. The maximum atomic E-state index is 13.0. The SMILES string of the molecule is CC(C)C1CCC2(C)CCC3(C)C(CCC4C5(C)CCC(=O)C(C)(CO)C5CCC43C)C12. The lowest BCUT2D eigenvalue weighted by molar-refractivity contribution is -0.237. The van der Waals surface area contributed by atoms with Crippen molar-refractivity contribution in [1.82, 2.24) is 0 Å². The molecular weight excluding hydrogens is 392 g/mol. The van der Waals surface area contributed by atoms with Crippen LogP contribution in [0.25, 0.3) is 0 Å². The molecule has 0 bridgehead atoms. The standard InChI is InChI=1S/C30H50O2/c1-19(2)20-10-13-26(3)16-17-29(6)21(25(20)26)8-9-23-27(4)14-12-24(32)28(5,18-31)22(27)11-15-30(23,29)7/h19-23,25,31H,8-18H2,1-7H3. The van der Waals surface area contributed by atoms with Gasteiger partial charge in [0.05, 0.1) is 12.0 Å². The lowest BCUT2D eigenvalue weighted by atomic mass is 9.32. The van der Waals surface area contributed by atoms with Crippen LogP contribution in [0.4, 0.5) is 0 Å². The third kappa shape index (κ3) is 2.66. The van der Waals surface area contributed by atoms with E-state index in [0.717, 1.165) is 36.5 Å². The van der Waals surface area contributed by atoms with Gasteiger partial charge in [-0.05, 0) is 115 Å². The summed E-state index contributed by atoms with van der Waals surface area (Å²) in [5.74, 6) is 4.84. The third-order valence-electron chi connectivity index (χ3n) is 13.6. The minimum Gasteiger partial charge on any atom is -0.395 e. The van der Waals surface area contributed by atoms with Gasteiger partial charge >= 0.3 is 0 Å². The summed E-state index contributed by atoms with van der Waals surface area (Å²) in [6.07, 6.45) is 12.6. The predicted octanol–water partition coefficient (Wildman–Crippen LogP) is 7.29. The molecule has 0 spiro atoms. The molecule has 0 amide bonds. The Morgan fingerprint density at radius 1 is 0.844 bits per heavy atom. The molecule has 5 aliphatic carbocycles. The van der Waals surface area contributed by atoms with Gasteiger partial charge < -0.3 is 5.11 Å². The van der Waals surface area contributed by atoms with Crippen LogP contribution in [0.5, 0.6) is 0 Å². The summed E-state index contributed by atoms with van der Waals surface area (Å²) in [6, 6.07) is 0. The zero-order chi connectivity index (χ0) is 23.3. The molecule has 2 nitrogen and oxygen atoms in total. The van der Waals surface area contributed by atoms with E-state index in [9.17, 15) is 9.90 Å². The molecule has 0 saturated heterocycles. The summed E-state index contributed by atoms with van der Waals surface area (Å²) in [7, 11) is 0. The number of hydrogen-bond donors (Lipinski definition) is 1. The van der Waals surface area contributed by atoms with Crippen LogP contribution in [0.15, 0.2) is 0 Å². The van der Waals surface area contributed by atoms with Gasteiger partial charge in [-0.1, -0.05) is 48.5 Å². The molecule has 1 N–H and O–H groups in total. The van der Waals surface area contributed by atoms with Gasteiger partial charge in [-0.25, -0.2) is 0 Å². The van der Waals surface area contributed by atoms with Crippen molar-refractivity contribution in [2.24, 2.45) is 62.6 Å². The highest BCUT2D eigenvalue weighted by molar-refractivity contribution is 5.86. The minimum absolute atomic E-state index is 0.0336. The van der Waals surface area contributed by atoms with Gasteiger partial charge in [0.15, 0.2) is 0 Å². The second-order valence-electron chi connectivity index (χ2n) is 14.8. The molecular formula is C30H50O2. The molecule has 0 aromatic heterocycles. The van der Waals surface area contributed by atoms with E-state index in [-0.39, 0.29) is 12.0 Å². The average molecular weight is 443 g/mol. The van der Waals surface area contributed by atoms with Gasteiger partial charge in [0.1, 0.15) is 5.78 Å². The molecule has 32 heavy (non-hydrogen) atoms. The summed E-state index contributed by atoms with van der Waals surface area (Å²) >= 11 is 0. The van der Waals surface area contributed by atoms with E-state index in [1.54, 1.807) is 0 Å². The first-order valence-corrected chi connectivity index (χ1v) is 14.0. The second-order valence-corrected chi connectivity index (χ2v) is 14.8. The first-order valence-electron chi connectivity index (χ1n) is 14.0. The Hall–Kier alpha value is -0.370. The van der Waals surface area contributed by atoms with Crippen molar-refractivity contribution < 1.29 is 9.90 Å². The average Bonchev–Trinajstić information content (AvgIpc) is 3.09. The molecule has 0 radical (unpaired) electrons. The molecule has 5 fully saturated rings. The van der Waals surface area contributed by atoms with Crippen molar-refractivity contribution in [2.75, 3.05) is 6.61 Å². The number of rotatable bonds is 2. The van der Waals surface area contributed by atoms with Crippen LogP contribution in [-0.2, 0) is 4.79 Å². The number of carbonyl (C=O) groups is 1. The quantitative estimate of drug-likeness (QED) is 0.487. The zero-order valence-corrected chi connectivity index (χ0v) is 22.1. The number of hydrogen-bond acceptors (Lipinski definition) is 2. The maximum Gasteiger partial charge on any atom is 0.141 e. The number of fused-ring (bicyclic) bond motifs is 7. The predicted molar refractivity (Wildman–Crippen MR) is 131 cm³/mol. The van der Waals surface area contributed by atoms with Crippen LogP contribution >= 0.6 is 0 Å². The Bertz CT molecular complexity index is 788. The van der Waals surface area contributed by atoms with Crippen molar-refractivity contribution in [2.45, 2.75) is 113 Å². The maximum absolute atomic E-state index is 13.0. The Balaban J connectivity index is 1.54. The van der Waals surface area contributed by atoms with E-state index in [0.29, 0.717) is 40.3 Å². The lowest BCUT2D eigenvalue weighted by Gasteiger charge is -2.72. The van der Waals surface area contributed by atoms with E-state index in [1.807, 2.05) is 0 Å². The number of aliphatic hydroxyl groups is 1. The molecule has 5 saturated carbocycles. The molecule has 0 aromatic rings. The van der Waals surface area contributed by atoms with Crippen LogP contribution in [-0.4, -0.2) is 17.5 Å². The normalized spacial score (nSPS) is 57.5. The summed E-state index contributed by atoms with van der Waals surface area (Å²) in [4.78, 5) is 13.0. The van der Waals surface area contributed by atoms with E-state index < -0.39 is 5.41 Å². The third-order valence-corrected chi connectivity index (χ3v) is 13.6. The molecule has 0 aromatic carbocycles. The number of ketones is 1. The second kappa shape index (κ2) is 7.08. The van der Waals surface area contributed by atoms with Gasteiger partial charge in [0.25, 0.3) is 0 Å². The van der Waals surface area contributed by atoms with Gasteiger partial charge in [-0.3, -0.25) is 4.79 Å². The fourth-order valence-corrected chi connectivity index (χ4v) is 11.6. The number of aliphatic hydroxyl groups excluding tert-OH is 1. The summed E-state index contributed by atoms with van der Waals surface area (Å²) in [5.41, 5.74) is 1.02. The molecule has 0 heterocycles. The Kier molecular flexibility index (Phi) is 5.17. The van der Waals surface area contributed by atoms with Gasteiger partial charge in [0, 0.05) is 6.42 Å². The molecule has 182 valence electrons. The molecule has 2 heteroatoms. The van der Waals surface area contributed by atoms with Crippen molar-refractivity contribution in [3.8, 4) is 0 Å². The molecule has 10 atom stereocenters. The van der Waals surface area contributed by atoms with Crippen LogP contribution in [0.1, 0.15) is 113 Å². The Morgan fingerprint density at radius 2 is 1.56 bits per heavy atom. The zero-order valence-electron chi connectivity index (χ0n) is 22.1. The lowest BCUT2D eigenvalue weighted by Crippen LogP contribution is -2.66. The monoisotopic (exact) mass is 442 g/mol. The molecule has 5 aliphatic rings. The topological polar surface area (TPSA) is 37.3 Å². The van der Waals surface area contributed by atoms with Crippen molar-refractivity contribution in [3.05, 3.63) is 0 Å². The van der Waals surface area contributed by atoms with Gasteiger partial charge in [0.2, 0.25) is 0 Å². The minimum atomic E-state index is -0.522. The Morgan fingerprint density at radius 3 is 2.22 bits per heavy atom. The number of carbonyl (C=O) groups excluding carboxylic acids is 1. The highest BCUT2D eigenvalue weighted by atomic mass is 16.3. The molecule has 0 aliphatic heterocycles. The smallest absolute Gasteiger partial charge is 0.141 e.